The first-order chi connectivity index (χ1) is 10.7. The van der Waals surface area contributed by atoms with Gasteiger partial charge < -0.3 is 9.73 Å². The highest BCUT2D eigenvalue weighted by atomic mass is 35.5. The second-order valence-corrected chi connectivity index (χ2v) is 7.63. The number of hydrogen-bond acceptors (Lipinski definition) is 5. The van der Waals surface area contributed by atoms with Crippen LogP contribution in [0.25, 0.3) is 10.8 Å². The minimum absolute atomic E-state index is 0. The van der Waals surface area contributed by atoms with Crippen molar-refractivity contribution in [2.45, 2.75) is 57.3 Å². The Morgan fingerprint density at radius 3 is 2.74 bits per heavy atom. The molecule has 0 spiro atoms. The first kappa shape index (κ1) is 17.0. The third-order valence-corrected chi connectivity index (χ3v) is 5.95. The van der Waals surface area contributed by atoms with Crippen LogP contribution in [0.15, 0.2) is 21.9 Å². The van der Waals surface area contributed by atoms with Crippen molar-refractivity contribution in [2.75, 3.05) is 7.05 Å². The molecule has 2 bridgehead atoms. The number of nitrogens with one attached hydrogen (secondary N) is 1. The van der Waals surface area contributed by atoms with Gasteiger partial charge in [0.2, 0.25) is 5.89 Å². The van der Waals surface area contributed by atoms with Crippen LogP contribution < -0.4 is 5.32 Å². The lowest BCUT2D eigenvalue weighted by molar-refractivity contribution is 0.164. The van der Waals surface area contributed by atoms with Gasteiger partial charge in [-0.2, -0.15) is 0 Å². The molecule has 0 amide bonds. The van der Waals surface area contributed by atoms with Crippen LogP contribution in [-0.2, 0) is 6.54 Å². The van der Waals surface area contributed by atoms with E-state index in [-0.39, 0.29) is 12.4 Å². The Hall–Kier alpha value is -0.880. The summed E-state index contributed by atoms with van der Waals surface area (Å²) in [7, 11) is 2.23. The molecule has 2 atom stereocenters. The molecule has 0 aliphatic carbocycles. The standard InChI is InChI=1S/C17H23N3OS.ClH/c1-11-15(19-17(21-11)16-4-3-7-22-16)10-20(2)14-8-12-5-6-13(9-14)18-12;/h3-4,7,12-14,18H,5-6,8-10H2,1-2H3;1H. The smallest absolute Gasteiger partial charge is 0.236 e. The first-order valence-electron chi connectivity index (χ1n) is 8.15. The molecular formula is C17H24ClN3OS. The number of piperidine rings is 1. The molecule has 2 aliphatic rings. The second-order valence-electron chi connectivity index (χ2n) is 6.68. The second kappa shape index (κ2) is 6.93. The molecule has 4 rings (SSSR count). The van der Waals surface area contributed by atoms with Crippen molar-refractivity contribution in [3.8, 4) is 10.8 Å². The average molecular weight is 354 g/mol. The molecule has 2 saturated heterocycles. The maximum atomic E-state index is 5.86. The number of thiophene rings is 1. The molecular weight excluding hydrogens is 330 g/mol. The van der Waals surface area contributed by atoms with Crippen LogP contribution in [0.5, 0.6) is 0 Å². The average Bonchev–Trinajstić information content (AvgIpc) is 3.21. The highest BCUT2D eigenvalue weighted by Gasteiger charge is 2.35. The van der Waals surface area contributed by atoms with Gasteiger partial charge in [-0.1, -0.05) is 6.07 Å². The van der Waals surface area contributed by atoms with Gasteiger partial charge in [0, 0.05) is 24.7 Å². The van der Waals surface area contributed by atoms with Crippen molar-refractivity contribution in [3.63, 3.8) is 0 Å². The minimum atomic E-state index is 0. The van der Waals surface area contributed by atoms with Crippen LogP contribution in [0.3, 0.4) is 0 Å². The van der Waals surface area contributed by atoms with E-state index in [0.717, 1.165) is 40.9 Å². The van der Waals surface area contributed by atoms with E-state index in [1.165, 1.54) is 25.7 Å². The van der Waals surface area contributed by atoms with Crippen molar-refractivity contribution in [2.24, 2.45) is 0 Å². The predicted octanol–water partition coefficient (Wildman–Crippen LogP) is 3.85. The summed E-state index contributed by atoms with van der Waals surface area (Å²) in [5.41, 5.74) is 1.08. The van der Waals surface area contributed by atoms with Crippen LogP contribution in [0.2, 0.25) is 0 Å². The Labute approximate surface area is 147 Å². The van der Waals surface area contributed by atoms with Crippen molar-refractivity contribution < 1.29 is 4.42 Å². The molecule has 126 valence electrons. The fraction of sp³-hybridized carbons (Fsp3) is 0.588. The zero-order valence-electron chi connectivity index (χ0n) is 13.6. The van der Waals surface area contributed by atoms with Crippen LogP contribution in [-0.4, -0.2) is 35.1 Å². The monoisotopic (exact) mass is 353 g/mol. The van der Waals surface area contributed by atoms with Crippen LogP contribution in [0.1, 0.15) is 37.1 Å². The maximum absolute atomic E-state index is 5.86. The molecule has 0 saturated carbocycles. The van der Waals surface area contributed by atoms with E-state index in [1.54, 1.807) is 11.3 Å². The highest BCUT2D eigenvalue weighted by molar-refractivity contribution is 7.13. The Bertz CT molecular complexity index is 630. The number of aromatic nitrogens is 1. The van der Waals surface area contributed by atoms with Gasteiger partial charge in [0.1, 0.15) is 5.76 Å². The molecule has 0 radical (unpaired) electrons. The summed E-state index contributed by atoms with van der Waals surface area (Å²) in [6.45, 7) is 2.91. The van der Waals surface area contributed by atoms with Crippen molar-refractivity contribution in [1.82, 2.24) is 15.2 Å². The number of rotatable bonds is 4. The zero-order chi connectivity index (χ0) is 15.1. The van der Waals surface area contributed by atoms with Gasteiger partial charge in [0.25, 0.3) is 0 Å². The van der Waals surface area contributed by atoms with Gasteiger partial charge in [0.15, 0.2) is 0 Å². The number of fused-ring (bicyclic) bond motifs is 2. The molecule has 1 N–H and O–H groups in total. The molecule has 2 fully saturated rings. The molecule has 2 aliphatic heterocycles. The summed E-state index contributed by atoms with van der Waals surface area (Å²) in [4.78, 5) is 8.30. The third-order valence-electron chi connectivity index (χ3n) is 5.10. The Kier molecular flexibility index (Phi) is 5.11. The van der Waals surface area contributed by atoms with E-state index in [0.29, 0.717) is 6.04 Å². The summed E-state index contributed by atoms with van der Waals surface area (Å²) in [6.07, 6.45) is 5.23. The highest BCUT2D eigenvalue weighted by Crippen LogP contribution is 2.31. The predicted molar refractivity (Wildman–Crippen MR) is 96.2 cm³/mol. The largest absolute Gasteiger partial charge is 0.440 e. The summed E-state index contributed by atoms with van der Waals surface area (Å²) in [5, 5.41) is 5.77. The van der Waals surface area contributed by atoms with Crippen molar-refractivity contribution in [3.05, 3.63) is 29.0 Å². The molecule has 2 aromatic heterocycles. The lowest BCUT2D eigenvalue weighted by Crippen LogP contribution is -2.46. The topological polar surface area (TPSA) is 41.3 Å². The molecule has 2 unspecified atom stereocenters. The Morgan fingerprint density at radius 1 is 1.35 bits per heavy atom. The fourth-order valence-electron chi connectivity index (χ4n) is 3.83. The number of halogens is 1. The zero-order valence-corrected chi connectivity index (χ0v) is 15.3. The fourth-order valence-corrected chi connectivity index (χ4v) is 4.48. The molecule has 6 heteroatoms. The van der Waals surface area contributed by atoms with Crippen LogP contribution in [0.4, 0.5) is 0 Å². The molecule has 0 aromatic carbocycles. The quantitative estimate of drug-likeness (QED) is 0.906. The number of nitrogens with zero attached hydrogens (tertiary/aromatic N) is 2. The summed E-state index contributed by atoms with van der Waals surface area (Å²) >= 11 is 1.68. The van der Waals surface area contributed by atoms with Gasteiger partial charge in [-0.3, -0.25) is 4.90 Å². The maximum Gasteiger partial charge on any atom is 0.236 e. The van der Waals surface area contributed by atoms with Crippen LogP contribution in [0, 0.1) is 6.92 Å². The Morgan fingerprint density at radius 2 is 2.09 bits per heavy atom. The molecule has 23 heavy (non-hydrogen) atoms. The van der Waals surface area contributed by atoms with Gasteiger partial charge in [-0.15, -0.1) is 23.7 Å². The lowest BCUT2D eigenvalue weighted by Gasteiger charge is -2.35. The molecule has 2 aromatic rings. The Balaban J connectivity index is 0.00000156. The van der Waals surface area contributed by atoms with Crippen LogP contribution >= 0.6 is 23.7 Å². The van der Waals surface area contributed by atoms with Crippen molar-refractivity contribution in [1.29, 1.82) is 0 Å². The van der Waals surface area contributed by atoms with Gasteiger partial charge in [0.05, 0.1) is 10.6 Å². The number of aryl methyl sites for hydroxylation is 1. The summed E-state index contributed by atoms with van der Waals surface area (Å²) in [6, 6.07) is 6.22. The SMILES string of the molecule is Cc1oc(-c2cccs2)nc1CN(C)C1CC2CCC(C1)N2.Cl. The van der Waals surface area contributed by atoms with Gasteiger partial charge in [-0.25, -0.2) is 4.98 Å². The van der Waals surface area contributed by atoms with E-state index in [1.807, 2.05) is 13.0 Å². The number of hydrogen-bond donors (Lipinski definition) is 1. The van der Waals surface area contributed by atoms with Gasteiger partial charge in [-0.05, 0) is 51.1 Å². The molecule has 4 heterocycles. The summed E-state index contributed by atoms with van der Waals surface area (Å²) < 4.78 is 5.86. The van der Waals surface area contributed by atoms with E-state index in [4.69, 9.17) is 9.40 Å². The van der Waals surface area contributed by atoms with E-state index in [2.05, 4.69) is 28.7 Å². The van der Waals surface area contributed by atoms with Gasteiger partial charge >= 0.3 is 0 Å². The third kappa shape index (κ3) is 3.48. The first-order valence-corrected chi connectivity index (χ1v) is 9.03. The summed E-state index contributed by atoms with van der Waals surface area (Å²) in [5.74, 6) is 1.72. The number of oxazole rings is 1. The normalized spacial score (nSPS) is 26.5. The van der Waals surface area contributed by atoms with E-state index < -0.39 is 0 Å². The lowest BCUT2D eigenvalue weighted by atomic mass is 9.98. The van der Waals surface area contributed by atoms with E-state index >= 15 is 0 Å². The minimum Gasteiger partial charge on any atom is -0.440 e. The molecule has 4 nitrogen and oxygen atoms in total. The van der Waals surface area contributed by atoms with Crippen molar-refractivity contribution >= 4 is 23.7 Å². The van der Waals surface area contributed by atoms with E-state index in [9.17, 15) is 0 Å².